The first-order valence-corrected chi connectivity index (χ1v) is 4.74. The summed E-state index contributed by atoms with van der Waals surface area (Å²) in [5.74, 6) is 1.27. The molecular formula is C9H12BrNO2. The summed E-state index contributed by atoms with van der Waals surface area (Å²) in [5, 5.41) is 0. The molecule has 0 heterocycles. The van der Waals surface area contributed by atoms with Gasteiger partial charge in [-0.2, -0.15) is 0 Å². The molecule has 0 unspecified atom stereocenters. The molecule has 0 aliphatic heterocycles. The number of nitrogens with two attached hydrogens (primary N) is 1. The highest BCUT2D eigenvalue weighted by Gasteiger charge is 2.09. The van der Waals surface area contributed by atoms with E-state index in [0.29, 0.717) is 23.8 Å². The van der Waals surface area contributed by atoms with Crippen molar-refractivity contribution in [3.05, 3.63) is 16.6 Å². The van der Waals surface area contributed by atoms with Crippen LogP contribution in [0.15, 0.2) is 16.6 Å². The lowest BCUT2D eigenvalue weighted by Crippen LogP contribution is -1.99. The highest BCUT2D eigenvalue weighted by molar-refractivity contribution is 9.10. The molecule has 13 heavy (non-hydrogen) atoms. The molecule has 0 radical (unpaired) electrons. The second kappa shape index (κ2) is 4.37. The lowest BCUT2D eigenvalue weighted by atomic mass is 10.3. The molecule has 1 aromatic rings. The quantitative estimate of drug-likeness (QED) is 0.833. The molecule has 0 saturated heterocycles. The molecule has 4 heteroatoms. The molecule has 0 fully saturated rings. The van der Waals surface area contributed by atoms with Gasteiger partial charge in [0.05, 0.1) is 18.2 Å². The van der Waals surface area contributed by atoms with E-state index in [1.807, 2.05) is 19.1 Å². The lowest BCUT2D eigenvalue weighted by Gasteiger charge is -2.11. The first-order chi connectivity index (χ1) is 6.20. The van der Waals surface area contributed by atoms with E-state index in [2.05, 4.69) is 15.9 Å². The zero-order valence-corrected chi connectivity index (χ0v) is 9.22. The van der Waals surface area contributed by atoms with Crippen molar-refractivity contribution in [2.75, 3.05) is 19.5 Å². The van der Waals surface area contributed by atoms with Crippen LogP contribution in [0.3, 0.4) is 0 Å². The van der Waals surface area contributed by atoms with Gasteiger partial charge >= 0.3 is 0 Å². The molecule has 3 nitrogen and oxygen atoms in total. The van der Waals surface area contributed by atoms with Crippen molar-refractivity contribution < 1.29 is 9.47 Å². The van der Waals surface area contributed by atoms with Crippen LogP contribution in [0.2, 0.25) is 0 Å². The summed E-state index contributed by atoms with van der Waals surface area (Å²) in [6.07, 6.45) is 0. The van der Waals surface area contributed by atoms with Gasteiger partial charge in [0, 0.05) is 0 Å². The summed E-state index contributed by atoms with van der Waals surface area (Å²) in [7, 11) is 1.58. The van der Waals surface area contributed by atoms with Crippen molar-refractivity contribution in [3.63, 3.8) is 0 Å². The third kappa shape index (κ3) is 2.06. The van der Waals surface area contributed by atoms with Gasteiger partial charge in [-0.3, -0.25) is 0 Å². The Labute approximate surface area is 86.0 Å². The summed E-state index contributed by atoms with van der Waals surface area (Å²) in [5.41, 5.74) is 6.33. The zero-order chi connectivity index (χ0) is 9.84. The van der Waals surface area contributed by atoms with Crippen molar-refractivity contribution in [2.45, 2.75) is 6.92 Å². The molecule has 1 rings (SSSR count). The van der Waals surface area contributed by atoms with Gasteiger partial charge in [-0.15, -0.1) is 0 Å². The van der Waals surface area contributed by atoms with E-state index in [-0.39, 0.29) is 0 Å². The van der Waals surface area contributed by atoms with Crippen molar-refractivity contribution >= 4 is 21.6 Å². The molecule has 0 aromatic heterocycles. The normalized spacial score (nSPS) is 9.77. The summed E-state index contributed by atoms with van der Waals surface area (Å²) in [6.45, 7) is 2.50. The first kappa shape index (κ1) is 10.2. The van der Waals surface area contributed by atoms with Crippen LogP contribution in [0.1, 0.15) is 6.92 Å². The third-order valence-corrected chi connectivity index (χ3v) is 2.24. The summed E-state index contributed by atoms with van der Waals surface area (Å²) < 4.78 is 11.2. The lowest BCUT2D eigenvalue weighted by molar-refractivity contribution is 0.338. The van der Waals surface area contributed by atoms with Gasteiger partial charge in [0.25, 0.3) is 0 Å². The monoisotopic (exact) mass is 245 g/mol. The summed E-state index contributed by atoms with van der Waals surface area (Å²) in [4.78, 5) is 0. The van der Waals surface area contributed by atoms with Gasteiger partial charge in [-0.25, -0.2) is 0 Å². The van der Waals surface area contributed by atoms with Crippen LogP contribution in [0.4, 0.5) is 5.69 Å². The number of benzene rings is 1. The van der Waals surface area contributed by atoms with Crippen LogP contribution < -0.4 is 15.2 Å². The molecule has 0 saturated carbocycles. The van der Waals surface area contributed by atoms with E-state index < -0.39 is 0 Å². The van der Waals surface area contributed by atoms with Crippen LogP contribution in [0.25, 0.3) is 0 Å². The highest BCUT2D eigenvalue weighted by atomic mass is 79.9. The van der Waals surface area contributed by atoms with E-state index in [4.69, 9.17) is 15.2 Å². The fourth-order valence-corrected chi connectivity index (χ4v) is 1.55. The van der Waals surface area contributed by atoms with Crippen molar-refractivity contribution in [1.82, 2.24) is 0 Å². The maximum Gasteiger partial charge on any atom is 0.159 e. The molecule has 1 aromatic carbocycles. The minimum Gasteiger partial charge on any atom is -0.493 e. The summed E-state index contributed by atoms with van der Waals surface area (Å²) in [6, 6.07) is 3.66. The number of nitrogen functional groups attached to an aromatic ring is 1. The Balaban J connectivity index is 3.11. The average Bonchev–Trinajstić information content (AvgIpc) is 2.11. The Hall–Kier alpha value is -0.900. The van der Waals surface area contributed by atoms with Crippen LogP contribution in [-0.2, 0) is 0 Å². The molecular weight excluding hydrogens is 234 g/mol. The number of ether oxygens (including phenoxy) is 2. The van der Waals surface area contributed by atoms with Crippen LogP contribution in [-0.4, -0.2) is 13.7 Å². The molecule has 0 atom stereocenters. The van der Waals surface area contributed by atoms with E-state index in [1.165, 1.54) is 0 Å². The number of anilines is 1. The topological polar surface area (TPSA) is 44.5 Å². The van der Waals surface area contributed by atoms with Crippen LogP contribution in [0.5, 0.6) is 11.5 Å². The zero-order valence-electron chi connectivity index (χ0n) is 7.63. The van der Waals surface area contributed by atoms with Gasteiger partial charge in [-0.05, 0) is 35.0 Å². The first-order valence-electron chi connectivity index (χ1n) is 3.95. The van der Waals surface area contributed by atoms with E-state index in [9.17, 15) is 0 Å². The van der Waals surface area contributed by atoms with Gasteiger partial charge in [0.1, 0.15) is 11.4 Å². The van der Waals surface area contributed by atoms with E-state index >= 15 is 0 Å². The number of rotatable bonds is 3. The minimum absolute atomic E-state index is 0.527. The predicted octanol–water partition coefficient (Wildman–Crippen LogP) is 2.44. The molecule has 0 bridgehead atoms. The number of hydrogen-bond donors (Lipinski definition) is 1. The van der Waals surface area contributed by atoms with Crippen molar-refractivity contribution in [3.8, 4) is 11.5 Å². The van der Waals surface area contributed by atoms with Gasteiger partial charge in [-0.1, -0.05) is 0 Å². The van der Waals surface area contributed by atoms with Gasteiger partial charge < -0.3 is 15.2 Å². The molecule has 0 aliphatic carbocycles. The van der Waals surface area contributed by atoms with Crippen LogP contribution >= 0.6 is 15.9 Å². The fraction of sp³-hybridized carbons (Fsp3) is 0.333. The van der Waals surface area contributed by atoms with E-state index in [0.717, 1.165) is 4.47 Å². The second-order valence-corrected chi connectivity index (χ2v) is 3.28. The average molecular weight is 246 g/mol. The maximum absolute atomic E-state index is 5.80. The largest absolute Gasteiger partial charge is 0.493 e. The highest BCUT2D eigenvalue weighted by Crippen LogP contribution is 2.37. The molecule has 72 valence electrons. The Morgan fingerprint density at radius 2 is 2.15 bits per heavy atom. The van der Waals surface area contributed by atoms with Gasteiger partial charge in [0.2, 0.25) is 0 Å². The number of methoxy groups -OCH3 is 1. The Morgan fingerprint density at radius 3 is 2.69 bits per heavy atom. The Morgan fingerprint density at radius 1 is 1.46 bits per heavy atom. The Bertz CT molecular complexity index is 302. The standard InChI is InChI=1S/C9H12BrNO2/c1-3-13-7-5-4-6(10)9(12-2)8(7)11/h4-5H,3,11H2,1-2H3. The number of halogens is 1. The predicted molar refractivity (Wildman–Crippen MR) is 56.3 cm³/mol. The fourth-order valence-electron chi connectivity index (χ4n) is 1.04. The Kier molecular flexibility index (Phi) is 3.42. The molecule has 2 N–H and O–H groups in total. The summed E-state index contributed by atoms with van der Waals surface area (Å²) >= 11 is 3.33. The van der Waals surface area contributed by atoms with Crippen molar-refractivity contribution in [2.24, 2.45) is 0 Å². The number of hydrogen-bond acceptors (Lipinski definition) is 3. The van der Waals surface area contributed by atoms with Gasteiger partial charge in [0.15, 0.2) is 5.75 Å². The maximum atomic E-state index is 5.80. The van der Waals surface area contributed by atoms with Crippen molar-refractivity contribution in [1.29, 1.82) is 0 Å². The SMILES string of the molecule is CCOc1ccc(Br)c(OC)c1N. The van der Waals surface area contributed by atoms with Crippen LogP contribution in [0, 0.1) is 0 Å². The minimum atomic E-state index is 0.527. The smallest absolute Gasteiger partial charge is 0.159 e. The van der Waals surface area contributed by atoms with E-state index in [1.54, 1.807) is 7.11 Å². The second-order valence-electron chi connectivity index (χ2n) is 2.43. The molecule has 0 aliphatic rings. The molecule has 0 amide bonds. The molecule has 0 spiro atoms. The third-order valence-electron chi connectivity index (χ3n) is 1.61.